The summed E-state index contributed by atoms with van der Waals surface area (Å²) in [6.45, 7) is 0.758. The van der Waals surface area contributed by atoms with E-state index in [1.54, 1.807) is 14.2 Å². The van der Waals surface area contributed by atoms with E-state index in [0.717, 1.165) is 6.54 Å². The van der Waals surface area contributed by atoms with Crippen LogP contribution in [0.15, 0.2) is 0 Å². The molecule has 2 N–H and O–H groups in total. The minimum Gasteiger partial charge on any atom is -0.356 e. The Morgan fingerprint density at radius 2 is 2.00 bits per heavy atom. The molecular formula is C9H19NO2. The van der Waals surface area contributed by atoms with E-state index < -0.39 is 0 Å². The predicted molar refractivity (Wildman–Crippen MR) is 47.7 cm³/mol. The maximum Gasteiger partial charge on any atom is 0.159 e. The first-order chi connectivity index (χ1) is 5.83. The molecule has 1 aliphatic carbocycles. The Hall–Kier alpha value is -0.120. The van der Waals surface area contributed by atoms with Crippen molar-refractivity contribution in [1.29, 1.82) is 0 Å². The van der Waals surface area contributed by atoms with Gasteiger partial charge in [0.15, 0.2) is 6.29 Å². The summed E-state index contributed by atoms with van der Waals surface area (Å²) in [5.74, 6) is 1.10. The molecule has 0 aromatic heterocycles. The summed E-state index contributed by atoms with van der Waals surface area (Å²) in [6, 6.07) is 0. The Bertz CT molecular complexity index is 126. The molecule has 0 bridgehead atoms. The molecule has 0 heterocycles. The third-order valence-corrected chi connectivity index (χ3v) is 2.83. The van der Waals surface area contributed by atoms with E-state index in [9.17, 15) is 0 Å². The highest BCUT2D eigenvalue weighted by molar-refractivity contribution is 4.80. The van der Waals surface area contributed by atoms with Crippen LogP contribution in [0.25, 0.3) is 0 Å². The van der Waals surface area contributed by atoms with Crippen molar-refractivity contribution in [2.24, 2.45) is 17.6 Å². The van der Waals surface area contributed by atoms with Crippen molar-refractivity contribution >= 4 is 0 Å². The highest BCUT2D eigenvalue weighted by Gasteiger charge is 2.32. The number of hydrogen-bond donors (Lipinski definition) is 1. The van der Waals surface area contributed by atoms with Crippen LogP contribution in [0.2, 0.25) is 0 Å². The highest BCUT2D eigenvalue weighted by atomic mass is 16.7. The van der Waals surface area contributed by atoms with Crippen molar-refractivity contribution < 1.29 is 9.47 Å². The van der Waals surface area contributed by atoms with Crippen molar-refractivity contribution in [2.75, 3.05) is 20.8 Å². The van der Waals surface area contributed by atoms with Crippen molar-refractivity contribution in [3.63, 3.8) is 0 Å². The Labute approximate surface area is 74.2 Å². The lowest BCUT2D eigenvalue weighted by Gasteiger charge is -2.25. The molecule has 1 fully saturated rings. The van der Waals surface area contributed by atoms with E-state index in [1.165, 1.54) is 19.3 Å². The third-order valence-electron chi connectivity index (χ3n) is 2.83. The summed E-state index contributed by atoms with van der Waals surface area (Å²) in [7, 11) is 3.39. The van der Waals surface area contributed by atoms with Crippen molar-refractivity contribution in [3.8, 4) is 0 Å². The monoisotopic (exact) mass is 173 g/mol. The fraction of sp³-hybridized carbons (Fsp3) is 1.00. The minimum atomic E-state index is -0.0546. The lowest BCUT2D eigenvalue weighted by atomic mass is 9.95. The maximum atomic E-state index is 5.66. The number of ether oxygens (including phenoxy) is 2. The second-order valence-corrected chi connectivity index (χ2v) is 3.43. The van der Waals surface area contributed by atoms with E-state index in [-0.39, 0.29) is 6.29 Å². The first kappa shape index (κ1) is 9.96. The molecule has 0 aliphatic heterocycles. The van der Waals surface area contributed by atoms with Crippen LogP contribution in [0.3, 0.4) is 0 Å². The molecule has 0 amide bonds. The number of methoxy groups -OCH3 is 2. The summed E-state index contributed by atoms with van der Waals surface area (Å²) in [6.07, 6.45) is 3.62. The van der Waals surface area contributed by atoms with Gasteiger partial charge >= 0.3 is 0 Å². The van der Waals surface area contributed by atoms with Gasteiger partial charge in [0.2, 0.25) is 0 Å². The van der Waals surface area contributed by atoms with Crippen molar-refractivity contribution in [2.45, 2.75) is 25.6 Å². The molecule has 3 nitrogen and oxygen atoms in total. The fourth-order valence-corrected chi connectivity index (χ4v) is 2.16. The van der Waals surface area contributed by atoms with Crippen LogP contribution < -0.4 is 5.73 Å². The lowest BCUT2D eigenvalue weighted by Crippen LogP contribution is -2.31. The van der Waals surface area contributed by atoms with Gasteiger partial charge < -0.3 is 15.2 Å². The van der Waals surface area contributed by atoms with Gasteiger partial charge in [-0.3, -0.25) is 0 Å². The largest absolute Gasteiger partial charge is 0.356 e. The topological polar surface area (TPSA) is 44.5 Å². The molecule has 1 saturated carbocycles. The van der Waals surface area contributed by atoms with E-state index in [1.807, 2.05) is 0 Å². The highest BCUT2D eigenvalue weighted by Crippen LogP contribution is 2.34. The summed E-state index contributed by atoms with van der Waals surface area (Å²) in [5.41, 5.74) is 5.66. The van der Waals surface area contributed by atoms with Gasteiger partial charge in [-0.1, -0.05) is 6.42 Å². The summed E-state index contributed by atoms with van der Waals surface area (Å²) in [5, 5.41) is 0. The second kappa shape index (κ2) is 4.80. The molecule has 0 saturated heterocycles. The fourth-order valence-electron chi connectivity index (χ4n) is 2.16. The number of hydrogen-bond acceptors (Lipinski definition) is 3. The van der Waals surface area contributed by atoms with Crippen LogP contribution in [0.5, 0.6) is 0 Å². The zero-order valence-corrected chi connectivity index (χ0v) is 7.95. The smallest absolute Gasteiger partial charge is 0.159 e. The SMILES string of the molecule is COC(OC)[C@@H]1CCC[C@H]1CN. The molecular weight excluding hydrogens is 154 g/mol. The zero-order valence-electron chi connectivity index (χ0n) is 7.95. The average Bonchev–Trinajstić information content (AvgIpc) is 2.55. The van der Waals surface area contributed by atoms with Crippen LogP contribution in [0, 0.1) is 11.8 Å². The van der Waals surface area contributed by atoms with Crippen molar-refractivity contribution in [1.82, 2.24) is 0 Å². The summed E-state index contributed by atoms with van der Waals surface area (Å²) in [4.78, 5) is 0. The zero-order chi connectivity index (χ0) is 8.97. The Balaban J connectivity index is 2.47. The Morgan fingerprint density at radius 1 is 1.33 bits per heavy atom. The minimum absolute atomic E-state index is 0.0546. The first-order valence-electron chi connectivity index (χ1n) is 4.59. The maximum absolute atomic E-state index is 5.66. The van der Waals surface area contributed by atoms with Crippen LogP contribution in [0.1, 0.15) is 19.3 Å². The van der Waals surface area contributed by atoms with Gasteiger partial charge in [0, 0.05) is 20.1 Å². The summed E-state index contributed by atoms with van der Waals surface area (Å²) >= 11 is 0. The Kier molecular flexibility index (Phi) is 3.98. The quantitative estimate of drug-likeness (QED) is 0.644. The van der Waals surface area contributed by atoms with E-state index >= 15 is 0 Å². The van der Waals surface area contributed by atoms with Gasteiger partial charge in [-0.05, 0) is 25.3 Å². The number of rotatable bonds is 4. The average molecular weight is 173 g/mol. The lowest BCUT2D eigenvalue weighted by molar-refractivity contribution is -0.144. The van der Waals surface area contributed by atoms with E-state index in [0.29, 0.717) is 11.8 Å². The standard InChI is InChI=1S/C9H19NO2/c1-11-9(12-2)8-5-3-4-7(8)6-10/h7-9H,3-6,10H2,1-2H3/t7-,8+/m0/s1. The molecule has 0 aromatic rings. The van der Waals surface area contributed by atoms with Crippen LogP contribution >= 0.6 is 0 Å². The van der Waals surface area contributed by atoms with Crippen molar-refractivity contribution in [3.05, 3.63) is 0 Å². The molecule has 0 aromatic carbocycles. The third kappa shape index (κ3) is 1.97. The molecule has 0 spiro atoms. The van der Waals surface area contributed by atoms with Gasteiger partial charge in [0.1, 0.15) is 0 Å². The van der Waals surface area contributed by atoms with Gasteiger partial charge in [0.05, 0.1) is 0 Å². The summed E-state index contributed by atoms with van der Waals surface area (Å²) < 4.78 is 10.5. The Morgan fingerprint density at radius 3 is 2.50 bits per heavy atom. The molecule has 0 unspecified atom stereocenters. The predicted octanol–water partition coefficient (Wildman–Crippen LogP) is 0.980. The molecule has 72 valence electrons. The molecule has 2 atom stereocenters. The van der Waals surface area contributed by atoms with Crippen LogP contribution in [-0.2, 0) is 9.47 Å². The van der Waals surface area contributed by atoms with Gasteiger partial charge in [-0.25, -0.2) is 0 Å². The molecule has 0 radical (unpaired) electrons. The van der Waals surface area contributed by atoms with E-state index in [2.05, 4.69) is 0 Å². The van der Waals surface area contributed by atoms with Gasteiger partial charge in [0.25, 0.3) is 0 Å². The van der Waals surface area contributed by atoms with E-state index in [4.69, 9.17) is 15.2 Å². The second-order valence-electron chi connectivity index (χ2n) is 3.43. The van der Waals surface area contributed by atoms with Crippen LogP contribution in [0.4, 0.5) is 0 Å². The van der Waals surface area contributed by atoms with Gasteiger partial charge in [-0.15, -0.1) is 0 Å². The van der Waals surface area contributed by atoms with Gasteiger partial charge in [-0.2, -0.15) is 0 Å². The molecule has 3 heteroatoms. The van der Waals surface area contributed by atoms with Crippen LogP contribution in [-0.4, -0.2) is 27.1 Å². The molecule has 1 rings (SSSR count). The number of nitrogens with two attached hydrogens (primary N) is 1. The first-order valence-corrected chi connectivity index (χ1v) is 4.59. The normalized spacial score (nSPS) is 30.0. The molecule has 1 aliphatic rings. The molecule has 12 heavy (non-hydrogen) atoms.